The Bertz CT molecular complexity index is 481. The number of carbonyl (C=O) groups excluding carboxylic acids is 1. The Balaban J connectivity index is 0.00000200. The van der Waals surface area contributed by atoms with Crippen LogP contribution in [0.5, 0.6) is 0 Å². The van der Waals surface area contributed by atoms with Crippen molar-refractivity contribution in [1.29, 1.82) is 0 Å². The Morgan fingerprint density at radius 2 is 1.90 bits per heavy atom. The minimum Gasteiger partial charge on any atom is -0.748 e. The van der Waals surface area contributed by atoms with E-state index in [9.17, 15) is 17.8 Å². The first-order valence-electron chi connectivity index (χ1n) is 6.46. The van der Waals surface area contributed by atoms with Gasteiger partial charge in [-0.2, -0.15) is 0 Å². The zero-order valence-electron chi connectivity index (χ0n) is 12.5. The molecule has 1 aliphatic carbocycles. The van der Waals surface area contributed by atoms with E-state index in [1.807, 2.05) is 0 Å². The number of hydrogen-bond donors (Lipinski definition) is 0. The van der Waals surface area contributed by atoms with Crippen LogP contribution in [0.4, 0.5) is 4.79 Å². The standard InChI is InChI=1S/C12H21NO5S.Na/c1-11(2,3)18-10(14)13-7-9(19(15,16)17)12(8-13)5-4-6-12;/h9H,4-8H2,1-3H3,(H,15,16,17);/q;+1/p-1. The van der Waals surface area contributed by atoms with Crippen molar-refractivity contribution in [1.82, 2.24) is 4.90 Å². The van der Waals surface area contributed by atoms with Gasteiger partial charge in [0.05, 0.1) is 15.4 Å². The summed E-state index contributed by atoms with van der Waals surface area (Å²) in [4.78, 5) is 13.3. The molecule has 1 saturated heterocycles. The molecule has 1 spiro atoms. The molecule has 6 nitrogen and oxygen atoms in total. The first kappa shape index (κ1) is 18.2. The first-order chi connectivity index (χ1) is 8.54. The van der Waals surface area contributed by atoms with Crippen molar-refractivity contribution in [3.63, 3.8) is 0 Å². The summed E-state index contributed by atoms with van der Waals surface area (Å²) < 4.78 is 39.3. The van der Waals surface area contributed by atoms with Crippen molar-refractivity contribution in [2.45, 2.75) is 50.9 Å². The van der Waals surface area contributed by atoms with Crippen molar-refractivity contribution in [2.24, 2.45) is 5.41 Å². The van der Waals surface area contributed by atoms with Crippen LogP contribution in [0.1, 0.15) is 40.0 Å². The Morgan fingerprint density at radius 1 is 1.35 bits per heavy atom. The van der Waals surface area contributed by atoms with E-state index in [1.165, 1.54) is 4.90 Å². The molecule has 1 saturated carbocycles. The van der Waals surface area contributed by atoms with Gasteiger partial charge in [0.1, 0.15) is 5.60 Å². The van der Waals surface area contributed by atoms with Crippen molar-refractivity contribution >= 4 is 16.2 Å². The van der Waals surface area contributed by atoms with E-state index in [0.29, 0.717) is 19.4 Å². The first-order valence-corrected chi connectivity index (χ1v) is 7.93. The molecule has 2 fully saturated rings. The van der Waals surface area contributed by atoms with Crippen LogP contribution < -0.4 is 29.6 Å². The molecule has 0 aromatic heterocycles. The molecule has 0 radical (unpaired) electrons. The van der Waals surface area contributed by atoms with Crippen molar-refractivity contribution in [2.75, 3.05) is 13.1 Å². The molecule has 1 heterocycles. The fourth-order valence-electron chi connectivity index (χ4n) is 2.91. The van der Waals surface area contributed by atoms with Crippen LogP contribution in [0, 0.1) is 5.41 Å². The van der Waals surface area contributed by atoms with Gasteiger partial charge in [-0.25, -0.2) is 13.2 Å². The molecular weight excluding hydrogens is 293 g/mol. The van der Waals surface area contributed by atoms with Crippen molar-refractivity contribution in [3.05, 3.63) is 0 Å². The number of amides is 1. The molecule has 1 atom stereocenters. The second kappa shape index (κ2) is 5.76. The maximum Gasteiger partial charge on any atom is 1.00 e. The van der Waals surface area contributed by atoms with Crippen LogP contribution in [0.25, 0.3) is 0 Å². The number of hydrogen-bond acceptors (Lipinski definition) is 5. The molecule has 1 unspecified atom stereocenters. The molecule has 0 N–H and O–H groups in total. The van der Waals surface area contributed by atoms with E-state index in [0.717, 1.165) is 6.42 Å². The van der Waals surface area contributed by atoms with Gasteiger partial charge in [-0.05, 0) is 33.6 Å². The summed E-state index contributed by atoms with van der Waals surface area (Å²) in [5, 5.41) is -0.985. The Morgan fingerprint density at radius 3 is 2.20 bits per heavy atom. The van der Waals surface area contributed by atoms with Crippen LogP contribution in [0.15, 0.2) is 0 Å². The van der Waals surface area contributed by atoms with Crippen molar-refractivity contribution < 1.29 is 52.1 Å². The SMILES string of the molecule is CC(C)(C)OC(=O)N1CC(S(=O)(=O)[O-])C2(CCC2)C1.[Na+]. The third-order valence-corrected chi connectivity index (χ3v) is 5.27. The minimum absolute atomic E-state index is 0. The smallest absolute Gasteiger partial charge is 0.748 e. The third kappa shape index (κ3) is 3.68. The number of nitrogens with zero attached hydrogens (tertiary/aromatic N) is 1. The van der Waals surface area contributed by atoms with Gasteiger partial charge in [-0.3, -0.25) is 0 Å². The molecular formula is C12H20NNaO5S. The van der Waals surface area contributed by atoms with Crippen molar-refractivity contribution in [3.8, 4) is 0 Å². The van der Waals surface area contributed by atoms with E-state index in [2.05, 4.69) is 0 Å². The predicted octanol–water partition coefficient (Wildman–Crippen LogP) is -1.67. The maximum atomic E-state index is 12.0. The summed E-state index contributed by atoms with van der Waals surface area (Å²) in [6, 6.07) is 0. The van der Waals surface area contributed by atoms with E-state index < -0.39 is 32.5 Å². The molecule has 20 heavy (non-hydrogen) atoms. The van der Waals surface area contributed by atoms with Crippen LogP contribution in [-0.2, 0) is 14.9 Å². The Kier molecular flexibility index (Phi) is 5.25. The number of ether oxygens (including phenoxy) is 1. The molecule has 8 heteroatoms. The summed E-state index contributed by atoms with van der Waals surface area (Å²) in [6.07, 6.45) is 1.76. The third-order valence-electron chi connectivity index (χ3n) is 3.92. The molecule has 1 aliphatic heterocycles. The molecule has 0 bridgehead atoms. The monoisotopic (exact) mass is 313 g/mol. The van der Waals surface area contributed by atoms with E-state index in [1.54, 1.807) is 20.8 Å². The summed E-state index contributed by atoms with van der Waals surface area (Å²) >= 11 is 0. The topological polar surface area (TPSA) is 86.7 Å². The molecule has 110 valence electrons. The Labute approximate surface area is 142 Å². The number of likely N-dealkylation sites (tertiary alicyclic amines) is 1. The second-order valence-corrected chi connectivity index (χ2v) is 8.11. The van der Waals surface area contributed by atoms with Gasteiger partial charge < -0.3 is 14.2 Å². The normalized spacial score (nSPS) is 25.0. The summed E-state index contributed by atoms with van der Waals surface area (Å²) in [6.45, 7) is 5.53. The van der Waals surface area contributed by atoms with Gasteiger partial charge in [0.15, 0.2) is 0 Å². The number of carbonyl (C=O) groups is 1. The predicted molar refractivity (Wildman–Crippen MR) is 67.6 cm³/mol. The Hall–Kier alpha value is 0.180. The summed E-state index contributed by atoms with van der Waals surface area (Å²) in [5.74, 6) is 0. The average molecular weight is 313 g/mol. The fourth-order valence-corrected chi connectivity index (χ4v) is 4.20. The van der Waals surface area contributed by atoms with Gasteiger partial charge in [-0.15, -0.1) is 0 Å². The van der Waals surface area contributed by atoms with Crippen LogP contribution in [0.2, 0.25) is 0 Å². The molecule has 2 rings (SSSR count). The fraction of sp³-hybridized carbons (Fsp3) is 0.917. The zero-order chi connectivity index (χ0) is 14.5. The van der Waals surface area contributed by atoms with Crippen LogP contribution in [0.3, 0.4) is 0 Å². The van der Waals surface area contributed by atoms with Crippen LogP contribution >= 0.6 is 0 Å². The molecule has 0 aromatic carbocycles. The molecule has 1 amide bonds. The van der Waals surface area contributed by atoms with Gasteiger partial charge in [0.25, 0.3) is 0 Å². The van der Waals surface area contributed by atoms with Gasteiger partial charge in [-0.1, -0.05) is 6.42 Å². The maximum absolute atomic E-state index is 12.0. The van der Waals surface area contributed by atoms with E-state index in [4.69, 9.17) is 4.74 Å². The van der Waals surface area contributed by atoms with Gasteiger partial charge in [0, 0.05) is 18.5 Å². The molecule has 2 aliphatic rings. The summed E-state index contributed by atoms with van der Waals surface area (Å²) in [7, 11) is -4.38. The molecule has 0 aromatic rings. The average Bonchev–Trinajstić information content (AvgIpc) is 2.53. The van der Waals surface area contributed by atoms with E-state index >= 15 is 0 Å². The largest absolute Gasteiger partial charge is 1.00 e. The minimum atomic E-state index is -4.38. The van der Waals surface area contributed by atoms with E-state index in [-0.39, 0.29) is 36.1 Å². The van der Waals surface area contributed by atoms with Gasteiger partial charge >= 0.3 is 35.7 Å². The zero-order valence-corrected chi connectivity index (χ0v) is 15.3. The number of rotatable bonds is 1. The quantitative estimate of drug-likeness (QED) is 0.426. The van der Waals surface area contributed by atoms with Crippen LogP contribution in [-0.4, -0.2) is 47.9 Å². The van der Waals surface area contributed by atoms with Gasteiger partial charge in [0.2, 0.25) is 0 Å². The second-order valence-electron chi connectivity index (χ2n) is 6.56. The summed E-state index contributed by atoms with van der Waals surface area (Å²) in [5.41, 5.74) is -1.16.